The zero-order valence-corrected chi connectivity index (χ0v) is 9.03. The molecule has 3 atom stereocenters. The van der Waals surface area contributed by atoms with Crippen LogP contribution >= 0.6 is 0 Å². The first-order valence-electron chi connectivity index (χ1n) is 5.51. The molecule has 0 spiro atoms. The van der Waals surface area contributed by atoms with Gasteiger partial charge in [0.05, 0.1) is 6.10 Å². The molecule has 1 aliphatic rings. The Bertz CT molecular complexity index is 191. The first kappa shape index (κ1) is 11.5. The van der Waals surface area contributed by atoms with E-state index in [0.29, 0.717) is 12.3 Å². The average molecular weight is 200 g/mol. The fourth-order valence-electron chi connectivity index (χ4n) is 2.06. The number of carbonyl (C=O) groups is 1. The van der Waals surface area contributed by atoms with Crippen LogP contribution in [0.1, 0.15) is 46.0 Å². The Morgan fingerprint density at radius 2 is 2.29 bits per heavy atom. The van der Waals surface area contributed by atoms with Crippen LogP contribution in [-0.4, -0.2) is 23.3 Å². The van der Waals surface area contributed by atoms with Gasteiger partial charge in [-0.25, -0.2) is 4.79 Å². The number of rotatable bonds is 4. The minimum atomic E-state index is -0.828. The van der Waals surface area contributed by atoms with Crippen LogP contribution in [0.5, 0.6) is 0 Å². The van der Waals surface area contributed by atoms with Gasteiger partial charge in [-0.1, -0.05) is 26.7 Å². The highest BCUT2D eigenvalue weighted by atomic mass is 16.5. The molecule has 1 aliphatic carbocycles. The number of carboxylic acid groups (broad SMARTS) is 1. The standard InChI is InChI=1S/C11H20O3/c1-3-10(11(12)13)14-9-6-4-5-8(2)7-9/h8-10H,3-7H2,1-2H3,(H,12,13)/t8-,9+,10-/m0/s1. The molecule has 1 N–H and O–H groups in total. The second kappa shape index (κ2) is 5.35. The molecule has 1 rings (SSSR count). The Morgan fingerprint density at radius 1 is 1.57 bits per heavy atom. The Kier molecular flexibility index (Phi) is 4.39. The zero-order valence-electron chi connectivity index (χ0n) is 9.03. The van der Waals surface area contributed by atoms with E-state index in [4.69, 9.17) is 9.84 Å². The Labute approximate surface area is 85.5 Å². The molecule has 0 unspecified atom stereocenters. The molecule has 82 valence electrons. The summed E-state index contributed by atoms with van der Waals surface area (Å²) in [5, 5.41) is 8.84. The van der Waals surface area contributed by atoms with E-state index in [1.54, 1.807) is 0 Å². The number of hydrogen-bond donors (Lipinski definition) is 1. The van der Waals surface area contributed by atoms with Gasteiger partial charge in [0, 0.05) is 0 Å². The maximum Gasteiger partial charge on any atom is 0.332 e. The SMILES string of the molecule is CC[C@H](O[C@@H]1CCC[C@H](C)C1)C(=O)O. The molecular formula is C11H20O3. The van der Waals surface area contributed by atoms with Gasteiger partial charge in [0.1, 0.15) is 0 Å². The highest BCUT2D eigenvalue weighted by Gasteiger charge is 2.25. The molecular weight excluding hydrogens is 180 g/mol. The van der Waals surface area contributed by atoms with Crippen molar-refractivity contribution in [3.8, 4) is 0 Å². The summed E-state index contributed by atoms with van der Waals surface area (Å²) in [7, 11) is 0. The van der Waals surface area contributed by atoms with Crippen molar-refractivity contribution in [3.63, 3.8) is 0 Å². The van der Waals surface area contributed by atoms with E-state index in [1.165, 1.54) is 12.8 Å². The number of aliphatic carboxylic acids is 1. The quantitative estimate of drug-likeness (QED) is 0.758. The first-order valence-corrected chi connectivity index (χ1v) is 5.51. The Balaban J connectivity index is 2.37. The lowest BCUT2D eigenvalue weighted by Crippen LogP contribution is -2.31. The van der Waals surface area contributed by atoms with Gasteiger partial charge in [-0.05, 0) is 25.2 Å². The van der Waals surface area contributed by atoms with Gasteiger partial charge in [0.2, 0.25) is 0 Å². The summed E-state index contributed by atoms with van der Waals surface area (Å²) in [6.45, 7) is 4.06. The van der Waals surface area contributed by atoms with Crippen LogP contribution in [0, 0.1) is 5.92 Å². The predicted octanol–water partition coefficient (Wildman–Crippen LogP) is 2.44. The predicted molar refractivity (Wildman–Crippen MR) is 54.2 cm³/mol. The van der Waals surface area contributed by atoms with Crippen molar-refractivity contribution in [3.05, 3.63) is 0 Å². The van der Waals surface area contributed by atoms with E-state index < -0.39 is 12.1 Å². The Hall–Kier alpha value is -0.570. The molecule has 0 saturated heterocycles. The van der Waals surface area contributed by atoms with E-state index in [-0.39, 0.29) is 6.10 Å². The highest BCUT2D eigenvalue weighted by Crippen LogP contribution is 2.26. The van der Waals surface area contributed by atoms with Crippen molar-refractivity contribution in [2.75, 3.05) is 0 Å². The lowest BCUT2D eigenvalue weighted by Gasteiger charge is -2.28. The van der Waals surface area contributed by atoms with Crippen molar-refractivity contribution in [1.29, 1.82) is 0 Å². The van der Waals surface area contributed by atoms with Gasteiger partial charge < -0.3 is 9.84 Å². The maximum atomic E-state index is 10.8. The Morgan fingerprint density at radius 3 is 2.79 bits per heavy atom. The minimum Gasteiger partial charge on any atom is -0.479 e. The van der Waals surface area contributed by atoms with Crippen molar-refractivity contribution >= 4 is 5.97 Å². The van der Waals surface area contributed by atoms with Crippen LogP contribution in [0.25, 0.3) is 0 Å². The molecule has 0 aromatic rings. The highest BCUT2D eigenvalue weighted by molar-refractivity contribution is 5.72. The summed E-state index contributed by atoms with van der Waals surface area (Å²) < 4.78 is 5.57. The molecule has 3 nitrogen and oxygen atoms in total. The van der Waals surface area contributed by atoms with Crippen molar-refractivity contribution in [1.82, 2.24) is 0 Å². The summed E-state index contributed by atoms with van der Waals surface area (Å²) in [6.07, 6.45) is 4.58. The van der Waals surface area contributed by atoms with Crippen LogP contribution in [0.2, 0.25) is 0 Å². The molecule has 1 fully saturated rings. The maximum absolute atomic E-state index is 10.8. The second-order valence-corrected chi connectivity index (χ2v) is 4.26. The van der Waals surface area contributed by atoms with Crippen molar-refractivity contribution < 1.29 is 14.6 Å². The molecule has 0 aromatic heterocycles. The first-order chi connectivity index (χ1) is 6.63. The van der Waals surface area contributed by atoms with Gasteiger partial charge in [-0.3, -0.25) is 0 Å². The van der Waals surface area contributed by atoms with Crippen LogP contribution in [0.15, 0.2) is 0 Å². The molecule has 0 aliphatic heterocycles. The summed E-state index contributed by atoms with van der Waals surface area (Å²) >= 11 is 0. The van der Waals surface area contributed by atoms with Crippen molar-refractivity contribution in [2.24, 2.45) is 5.92 Å². The van der Waals surface area contributed by atoms with E-state index in [0.717, 1.165) is 12.8 Å². The van der Waals surface area contributed by atoms with Gasteiger partial charge in [-0.15, -0.1) is 0 Å². The fraction of sp³-hybridized carbons (Fsp3) is 0.909. The molecule has 0 radical (unpaired) electrons. The normalized spacial score (nSPS) is 29.9. The summed E-state index contributed by atoms with van der Waals surface area (Å²) in [4.78, 5) is 10.8. The van der Waals surface area contributed by atoms with E-state index in [1.807, 2.05) is 6.92 Å². The van der Waals surface area contributed by atoms with Crippen molar-refractivity contribution in [2.45, 2.75) is 58.2 Å². The van der Waals surface area contributed by atoms with Crippen LogP contribution < -0.4 is 0 Å². The van der Waals surface area contributed by atoms with E-state index in [2.05, 4.69) is 6.92 Å². The minimum absolute atomic E-state index is 0.166. The van der Waals surface area contributed by atoms with Gasteiger partial charge in [-0.2, -0.15) is 0 Å². The number of ether oxygens (including phenoxy) is 1. The van der Waals surface area contributed by atoms with Gasteiger partial charge in [0.25, 0.3) is 0 Å². The topological polar surface area (TPSA) is 46.5 Å². The summed E-state index contributed by atoms with van der Waals surface area (Å²) in [5.74, 6) is -0.147. The van der Waals surface area contributed by atoms with Crippen LogP contribution in [-0.2, 0) is 9.53 Å². The van der Waals surface area contributed by atoms with Gasteiger partial charge in [0.15, 0.2) is 6.10 Å². The van der Waals surface area contributed by atoms with E-state index in [9.17, 15) is 4.79 Å². The number of carboxylic acids is 1. The lowest BCUT2D eigenvalue weighted by molar-refractivity contribution is -0.156. The van der Waals surface area contributed by atoms with Crippen LogP contribution in [0.3, 0.4) is 0 Å². The molecule has 3 heteroatoms. The van der Waals surface area contributed by atoms with Crippen LogP contribution in [0.4, 0.5) is 0 Å². The molecule has 1 saturated carbocycles. The molecule has 0 aromatic carbocycles. The van der Waals surface area contributed by atoms with Gasteiger partial charge >= 0.3 is 5.97 Å². The third-order valence-electron chi connectivity index (χ3n) is 2.89. The smallest absolute Gasteiger partial charge is 0.332 e. The third kappa shape index (κ3) is 3.29. The van der Waals surface area contributed by atoms with E-state index >= 15 is 0 Å². The molecule has 0 amide bonds. The second-order valence-electron chi connectivity index (χ2n) is 4.26. The molecule has 14 heavy (non-hydrogen) atoms. The summed E-state index contributed by atoms with van der Waals surface area (Å²) in [6, 6.07) is 0. The largest absolute Gasteiger partial charge is 0.479 e. The number of hydrogen-bond acceptors (Lipinski definition) is 2. The lowest BCUT2D eigenvalue weighted by atomic mass is 9.88. The third-order valence-corrected chi connectivity index (χ3v) is 2.89. The monoisotopic (exact) mass is 200 g/mol. The molecule has 0 heterocycles. The summed E-state index contributed by atoms with van der Waals surface area (Å²) in [5.41, 5.74) is 0. The average Bonchev–Trinajstić information content (AvgIpc) is 2.14. The zero-order chi connectivity index (χ0) is 10.6. The molecule has 0 bridgehead atoms. The fourth-order valence-corrected chi connectivity index (χ4v) is 2.06.